The van der Waals surface area contributed by atoms with Crippen LogP contribution in [0.2, 0.25) is 0 Å². The van der Waals surface area contributed by atoms with Gasteiger partial charge >= 0.3 is 0 Å². The zero-order valence-electron chi connectivity index (χ0n) is 11.3. The molecule has 1 aromatic carbocycles. The first-order valence-corrected chi connectivity index (χ1v) is 6.66. The molecule has 1 heterocycles. The standard InChI is InChI=1S/C14H22N2O3/c1-18-13-4-2-3-5-14(13)19-11-12(10-17)16-8-6-15-7-9-16/h2-5,12,15,17H,6-11H2,1H3. The first-order chi connectivity index (χ1) is 9.35. The third kappa shape index (κ3) is 3.83. The molecule has 5 heteroatoms. The van der Waals surface area contributed by atoms with E-state index in [1.807, 2.05) is 24.3 Å². The van der Waals surface area contributed by atoms with Gasteiger partial charge in [0, 0.05) is 26.2 Å². The van der Waals surface area contributed by atoms with E-state index in [0.717, 1.165) is 37.7 Å². The van der Waals surface area contributed by atoms with Crippen LogP contribution in [-0.2, 0) is 0 Å². The number of aliphatic hydroxyl groups is 1. The van der Waals surface area contributed by atoms with Gasteiger partial charge in [-0.05, 0) is 12.1 Å². The molecule has 1 atom stereocenters. The van der Waals surface area contributed by atoms with Crippen molar-refractivity contribution in [3.05, 3.63) is 24.3 Å². The lowest BCUT2D eigenvalue weighted by Gasteiger charge is -2.33. The molecule has 1 aliphatic heterocycles. The van der Waals surface area contributed by atoms with E-state index in [9.17, 15) is 5.11 Å². The molecule has 1 fully saturated rings. The molecule has 0 bridgehead atoms. The Balaban J connectivity index is 1.91. The molecular formula is C14H22N2O3. The highest BCUT2D eigenvalue weighted by Gasteiger charge is 2.20. The molecule has 1 unspecified atom stereocenters. The van der Waals surface area contributed by atoms with Crippen molar-refractivity contribution in [1.82, 2.24) is 10.2 Å². The van der Waals surface area contributed by atoms with Crippen LogP contribution in [0.5, 0.6) is 11.5 Å². The van der Waals surface area contributed by atoms with Crippen LogP contribution in [0.1, 0.15) is 0 Å². The van der Waals surface area contributed by atoms with Gasteiger partial charge in [0.25, 0.3) is 0 Å². The second kappa shape index (κ2) is 7.33. The zero-order valence-corrected chi connectivity index (χ0v) is 11.3. The van der Waals surface area contributed by atoms with Crippen molar-refractivity contribution in [1.29, 1.82) is 0 Å². The Kier molecular flexibility index (Phi) is 5.44. The van der Waals surface area contributed by atoms with E-state index in [1.165, 1.54) is 0 Å². The maximum Gasteiger partial charge on any atom is 0.161 e. The van der Waals surface area contributed by atoms with Crippen molar-refractivity contribution in [2.75, 3.05) is 46.5 Å². The summed E-state index contributed by atoms with van der Waals surface area (Å²) in [5.41, 5.74) is 0. The molecule has 1 aliphatic rings. The van der Waals surface area contributed by atoms with Crippen molar-refractivity contribution in [3.63, 3.8) is 0 Å². The van der Waals surface area contributed by atoms with E-state index in [1.54, 1.807) is 7.11 Å². The summed E-state index contributed by atoms with van der Waals surface area (Å²) in [4.78, 5) is 2.26. The fourth-order valence-electron chi connectivity index (χ4n) is 2.24. The Labute approximate surface area is 114 Å². The summed E-state index contributed by atoms with van der Waals surface area (Å²) in [5.74, 6) is 1.44. The number of piperazine rings is 1. The summed E-state index contributed by atoms with van der Waals surface area (Å²) < 4.78 is 11.0. The molecule has 0 radical (unpaired) electrons. The number of methoxy groups -OCH3 is 1. The second-order valence-electron chi connectivity index (χ2n) is 4.58. The van der Waals surface area contributed by atoms with Crippen molar-refractivity contribution in [2.45, 2.75) is 6.04 Å². The SMILES string of the molecule is COc1ccccc1OCC(CO)N1CCNCC1. The number of benzene rings is 1. The van der Waals surface area contributed by atoms with Gasteiger partial charge in [0.1, 0.15) is 6.61 Å². The third-order valence-corrected chi connectivity index (χ3v) is 3.38. The first kappa shape index (κ1) is 14.1. The highest BCUT2D eigenvalue weighted by molar-refractivity contribution is 5.39. The molecule has 2 N–H and O–H groups in total. The van der Waals surface area contributed by atoms with Crippen molar-refractivity contribution in [2.24, 2.45) is 0 Å². The predicted molar refractivity (Wildman–Crippen MR) is 73.8 cm³/mol. The van der Waals surface area contributed by atoms with Crippen LogP contribution in [0, 0.1) is 0 Å². The molecule has 0 saturated carbocycles. The predicted octanol–water partition coefficient (Wildman–Crippen LogP) is 0.340. The van der Waals surface area contributed by atoms with E-state index in [-0.39, 0.29) is 12.6 Å². The molecule has 2 rings (SSSR count). The first-order valence-electron chi connectivity index (χ1n) is 6.66. The van der Waals surface area contributed by atoms with Gasteiger partial charge < -0.3 is 19.9 Å². The second-order valence-corrected chi connectivity index (χ2v) is 4.58. The summed E-state index contributed by atoms with van der Waals surface area (Å²) >= 11 is 0. The number of nitrogens with zero attached hydrogens (tertiary/aromatic N) is 1. The smallest absolute Gasteiger partial charge is 0.161 e. The van der Waals surface area contributed by atoms with Crippen LogP contribution in [0.25, 0.3) is 0 Å². The number of ether oxygens (including phenoxy) is 2. The fraction of sp³-hybridized carbons (Fsp3) is 0.571. The largest absolute Gasteiger partial charge is 0.493 e. The Bertz CT molecular complexity index is 381. The summed E-state index contributed by atoms with van der Waals surface area (Å²) in [6.45, 7) is 4.39. The summed E-state index contributed by atoms with van der Waals surface area (Å²) in [5, 5.41) is 12.8. The topological polar surface area (TPSA) is 54.0 Å². The van der Waals surface area contributed by atoms with Crippen molar-refractivity contribution < 1.29 is 14.6 Å². The van der Waals surface area contributed by atoms with Crippen molar-refractivity contribution >= 4 is 0 Å². The molecule has 1 saturated heterocycles. The minimum absolute atomic E-state index is 0.0343. The lowest BCUT2D eigenvalue weighted by Crippen LogP contribution is -2.51. The number of nitrogens with one attached hydrogen (secondary N) is 1. The Morgan fingerprint density at radius 3 is 2.58 bits per heavy atom. The maximum absolute atomic E-state index is 9.51. The molecule has 1 aromatic rings. The van der Waals surface area contributed by atoms with Gasteiger partial charge in [0.05, 0.1) is 19.8 Å². The molecule has 106 valence electrons. The van der Waals surface area contributed by atoms with Crippen LogP contribution in [0.3, 0.4) is 0 Å². The van der Waals surface area contributed by atoms with Gasteiger partial charge in [-0.25, -0.2) is 0 Å². The zero-order chi connectivity index (χ0) is 13.5. The molecule has 5 nitrogen and oxygen atoms in total. The van der Waals surface area contributed by atoms with E-state index < -0.39 is 0 Å². The number of hydrogen-bond donors (Lipinski definition) is 2. The maximum atomic E-state index is 9.51. The highest BCUT2D eigenvalue weighted by atomic mass is 16.5. The number of hydrogen-bond acceptors (Lipinski definition) is 5. The van der Waals surface area contributed by atoms with Crippen LogP contribution >= 0.6 is 0 Å². The van der Waals surface area contributed by atoms with Crippen LogP contribution in [0.15, 0.2) is 24.3 Å². The quantitative estimate of drug-likeness (QED) is 0.777. The highest BCUT2D eigenvalue weighted by Crippen LogP contribution is 2.26. The minimum Gasteiger partial charge on any atom is -0.493 e. The number of para-hydroxylation sites is 2. The number of rotatable bonds is 6. The van der Waals surface area contributed by atoms with Gasteiger partial charge in [0.2, 0.25) is 0 Å². The molecule has 0 aliphatic carbocycles. The summed E-state index contributed by atoms with van der Waals surface area (Å²) in [6, 6.07) is 7.60. The molecular weight excluding hydrogens is 244 g/mol. The van der Waals surface area contributed by atoms with Gasteiger partial charge in [-0.3, -0.25) is 4.90 Å². The van der Waals surface area contributed by atoms with E-state index in [4.69, 9.17) is 9.47 Å². The summed E-state index contributed by atoms with van der Waals surface area (Å²) in [7, 11) is 1.63. The van der Waals surface area contributed by atoms with Crippen LogP contribution in [0.4, 0.5) is 0 Å². The average Bonchev–Trinajstić information content (AvgIpc) is 2.49. The third-order valence-electron chi connectivity index (χ3n) is 3.38. The lowest BCUT2D eigenvalue weighted by molar-refractivity contribution is 0.0725. The molecule has 0 amide bonds. The van der Waals surface area contributed by atoms with Crippen LogP contribution < -0.4 is 14.8 Å². The average molecular weight is 266 g/mol. The van der Waals surface area contributed by atoms with Gasteiger partial charge in [-0.2, -0.15) is 0 Å². The Morgan fingerprint density at radius 1 is 1.26 bits per heavy atom. The van der Waals surface area contributed by atoms with E-state index in [0.29, 0.717) is 6.61 Å². The van der Waals surface area contributed by atoms with Gasteiger partial charge in [-0.15, -0.1) is 0 Å². The van der Waals surface area contributed by atoms with Gasteiger partial charge in [-0.1, -0.05) is 12.1 Å². The fourth-order valence-corrected chi connectivity index (χ4v) is 2.24. The normalized spacial score (nSPS) is 18.0. The Hall–Kier alpha value is -1.30. The minimum atomic E-state index is 0.0343. The van der Waals surface area contributed by atoms with Gasteiger partial charge in [0.15, 0.2) is 11.5 Å². The number of aliphatic hydroxyl groups excluding tert-OH is 1. The monoisotopic (exact) mass is 266 g/mol. The lowest BCUT2D eigenvalue weighted by atomic mass is 10.2. The molecule has 19 heavy (non-hydrogen) atoms. The van der Waals surface area contributed by atoms with Crippen molar-refractivity contribution in [3.8, 4) is 11.5 Å². The Morgan fingerprint density at radius 2 is 1.95 bits per heavy atom. The molecule has 0 aromatic heterocycles. The van der Waals surface area contributed by atoms with E-state index in [2.05, 4.69) is 10.2 Å². The molecule has 0 spiro atoms. The van der Waals surface area contributed by atoms with E-state index >= 15 is 0 Å². The van der Waals surface area contributed by atoms with Crippen LogP contribution in [-0.4, -0.2) is 62.6 Å². The summed E-state index contributed by atoms with van der Waals surface area (Å²) in [6.07, 6.45) is 0.